The van der Waals surface area contributed by atoms with Crippen LogP contribution in [-0.2, 0) is 0 Å². The van der Waals surface area contributed by atoms with Crippen molar-refractivity contribution in [1.82, 2.24) is 15.2 Å². The molecule has 1 aliphatic rings. The predicted molar refractivity (Wildman–Crippen MR) is 130 cm³/mol. The molecule has 0 atom stereocenters. The van der Waals surface area contributed by atoms with Crippen molar-refractivity contribution < 1.29 is 14.3 Å². The highest BCUT2D eigenvalue weighted by molar-refractivity contribution is 7.22. The summed E-state index contributed by atoms with van der Waals surface area (Å²) in [5.41, 5.74) is 3.72. The molecule has 1 amide bonds. The fourth-order valence-corrected chi connectivity index (χ4v) is 5.10. The number of carbonyl (C=O) groups excluding carboxylic acids is 1. The number of thiazole rings is 1. The Balaban J connectivity index is 1.32. The van der Waals surface area contributed by atoms with Gasteiger partial charge in [-0.1, -0.05) is 29.0 Å². The number of nitrogens with zero attached hydrogens (tertiary/aromatic N) is 3. The molecule has 4 rings (SSSR count). The van der Waals surface area contributed by atoms with Crippen LogP contribution in [0.3, 0.4) is 0 Å². The Bertz CT molecular complexity index is 1070. The summed E-state index contributed by atoms with van der Waals surface area (Å²) in [5, 5.41) is 4.06. The first-order valence-electron chi connectivity index (χ1n) is 10.8. The minimum atomic E-state index is 0.00204. The summed E-state index contributed by atoms with van der Waals surface area (Å²) < 4.78 is 12.0. The number of methoxy groups -OCH3 is 2. The summed E-state index contributed by atoms with van der Waals surface area (Å²) in [6.45, 7) is 9.12. The number of benzene rings is 2. The van der Waals surface area contributed by atoms with Gasteiger partial charge >= 0.3 is 0 Å². The van der Waals surface area contributed by atoms with Crippen LogP contribution in [0.15, 0.2) is 30.3 Å². The second-order valence-corrected chi connectivity index (χ2v) is 9.02. The SMILES string of the molecule is COc1ccc(OC)c2sc(N3CCN(CCNC(=O)c4cc(C)ccc4C)CC3)nc12. The largest absolute Gasteiger partial charge is 0.495 e. The van der Waals surface area contributed by atoms with E-state index in [2.05, 4.69) is 15.1 Å². The zero-order valence-electron chi connectivity index (χ0n) is 19.1. The average molecular weight is 455 g/mol. The van der Waals surface area contributed by atoms with Crippen LogP contribution in [0.25, 0.3) is 10.2 Å². The van der Waals surface area contributed by atoms with Gasteiger partial charge in [-0.05, 0) is 37.6 Å². The van der Waals surface area contributed by atoms with Crippen molar-refractivity contribution in [2.45, 2.75) is 13.8 Å². The van der Waals surface area contributed by atoms with Crippen molar-refractivity contribution in [3.05, 3.63) is 47.0 Å². The van der Waals surface area contributed by atoms with Crippen LogP contribution in [0.2, 0.25) is 0 Å². The fraction of sp³-hybridized carbons (Fsp3) is 0.417. The molecule has 0 aliphatic carbocycles. The Kier molecular flexibility index (Phi) is 6.81. The van der Waals surface area contributed by atoms with Gasteiger partial charge in [0.2, 0.25) is 0 Å². The van der Waals surface area contributed by atoms with Crippen molar-refractivity contribution in [1.29, 1.82) is 0 Å². The molecule has 2 aromatic carbocycles. The van der Waals surface area contributed by atoms with Crippen LogP contribution in [0.1, 0.15) is 21.5 Å². The summed E-state index contributed by atoms with van der Waals surface area (Å²) in [5.74, 6) is 1.59. The maximum atomic E-state index is 12.5. The summed E-state index contributed by atoms with van der Waals surface area (Å²) in [6.07, 6.45) is 0. The molecule has 0 radical (unpaired) electrons. The van der Waals surface area contributed by atoms with Crippen molar-refractivity contribution >= 4 is 32.6 Å². The van der Waals surface area contributed by atoms with Crippen LogP contribution in [0, 0.1) is 13.8 Å². The van der Waals surface area contributed by atoms with Crippen molar-refractivity contribution in [3.8, 4) is 11.5 Å². The van der Waals surface area contributed by atoms with E-state index in [1.165, 1.54) is 0 Å². The number of amides is 1. The number of piperazine rings is 1. The minimum absolute atomic E-state index is 0.00204. The highest BCUT2D eigenvalue weighted by Crippen LogP contribution is 2.40. The number of aromatic nitrogens is 1. The minimum Gasteiger partial charge on any atom is -0.495 e. The number of ether oxygens (including phenoxy) is 2. The molecular weight excluding hydrogens is 424 g/mol. The zero-order chi connectivity index (χ0) is 22.7. The molecule has 32 heavy (non-hydrogen) atoms. The van der Waals surface area contributed by atoms with Crippen LogP contribution in [-0.4, -0.2) is 69.3 Å². The molecule has 0 saturated carbocycles. The van der Waals surface area contributed by atoms with Gasteiger partial charge in [0.15, 0.2) is 5.13 Å². The van der Waals surface area contributed by atoms with E-state index in [-0.39, 0.29) is 5.91 Å². The molecule has 1 aromatic heterocycles. The third-order valence-electron chi connectivity index (χ3n) is 5.89. The van der Waals surface area contributed by atoms with E-state index in [9.17, 15) is 4.79 Å². The summed E-state index contributed by atoms with van der Waals surface area (Å²) >= 11 is 1.64. The lowest BCUT2D eigenvalue weighted by atomic mass is 10.1. The second kappa shape index (κ2) is 9.75. The van der Waals surface area contributed by atoms with Gasteiger partial charge < -0.3 is 19.7 Å². The molecule has 0 unspecified atom stereocenters. The van der Waals surface area contributed by atoms with E-state index in [1.807, 2.05) is 44.2 Å². The lowest BCUT2D eigenvalue weighted by molar-refractivity contribution is 0.0947. The Morgan fingerprint density at radius 2 is 1.78 bits per heavy atom. The molecule has 7 nitrogen and oxygen atoms in total. The monoisotopic (exact) mass is 454 g/mol. The van der Waals surface area contributed by atoms with Crippen LogP contribution in [0.4, 0.5) is 5.13 Å². The molecule has 1 fully saturated rings. The topological polar surface area (TPSA) is 66.9 Å². The maximum Gasteiger partial charge on any atom is 0.251 e. The van der Waals surface area contributed by atoms with Gasteiger partial charge in [0.1, 0.15) is 21.7 Å². The van der Waals surface area contributed by atoms with Gasteiger partial charge in [0.25, 0.3) is 5.91 Å². The Morgan fingerprint density at radius 3 is 2.50 bits per heavy atom. The molecule has 1 saturated heterocycles. The standard InChI is InChI=1S/C24H30N4O3S/c1-16-5-6-17(2)18(15-16)23(29)25-9-10-27-11-13-28(14-12-27)24-26-21-19(30-3)7-8-20(31-4)22(21)32-24/h5-8,15H,9-14H2,1-4H3,(H,25,29). The summed E-state index contributed by atoms with van der Waals surface area (Å²) in [4.78, 5) is 22.1. The predicted octanol–water partition coefficient (Wildman–Crippen LogP) is 3.48. The van der Waals surface area contributed by atoms with Crippen molar-refractivity contribution in [2.24, 2.45) is 0 Å². The number of hydrogen-bond acceptors (Lipinski definition) is 7. The third kappa shape index (κ3) is 4.66. The average Bonchev–Trinajstić information content (AvgIpc) is 3.26. The number of carbonyl (C=O) groups is 1. The quantitative estimate of drug-likeness (QED) is 0.590. The second-order valence-electron chi connectivity index (χ2n) is 8.05. The summed E-state index contributed by atoms with van der Waals surface area (Å²) in [6, 6.07) is 9.80. The van der Waals surface area contributed by atoms with E-state index in [0.717, 1.165) is 76.3 Å². The molecule has 0 bridgehead atoms. The highest BCUT2D eigenvalue weighted by Gasteiger charge is 2.22. The molecule has 2 heterocycles. The Morgan fingerprint density at radius 1 is 1.06 bits per heavy atom. The Labute approximate surface area is 192 Å². The van der Waals surface area contributed by atoms with Gasteiger partial charge in [-0.15, -0.1) is 0 Å². The number of hydrogen-bond donors (Lipinski definition) is 1. The van der Waals surface area contributed by atoms with E-state index < -0.39 is 0 Å². The third-order valence-corrected chi connectivity index (χ3v) is 7.02. The van der Waals surface area contributed by atoms with Crippen molar-refractivity contribution in [3.63, 3.8) is 0 Å². The van der Waals surface area contributed by atoms with Gasteiger partial charge in [0.05, 0.1) is 14.2 Å². The van der Waals surface area contributed by atoms with E-state index in [4.69, 9.17) is 14.5 Å². The molecule has 3 aromatic rings. The first-order chi connectivity index (χ1) is 15.5. The molecule has 1 N–H and O–H groups in total. The number of rotatable bonds is 7. The number of fused-ring (bicyclic) bond motifs is 1. The first kappa shape index (κ1) is 22.4. The van der Waals surface area contributed by atoms with Gasteiger partial charge in [-0.2, -0.15) is 0 Å². The van der Waals surface area contributed by atoms with Gasteiger partial charge in [-0.3, -0.25) is 9.69 Å². The normalized spacial score (nSPS) is 14.6. The molecule has 8 heteroatoms. The highest BCUT2D eigenvalue weighted by atomic mass is 32.1. The lowest BCUT2D eigenvalue weighted by Gasteiger charge is -2.34. The fourth-order valence-electron chi connectivity index (χ4n) is 3.98. The van der Waals surface area contributed by atoms with E-state index in [1.54, 1.807) is 25.6 Å². The lowest BCUT2D eigenvalue weighted by Crippen LogP contribution is -2.48. The summed E-state index contributed by atoms with van der Waals surface area (Å²) in [7, 11) is 3.34. The maximum absolute atomic E-state index is 12.5. The van der Waals surface area contributed by atoms with Gasteiger partial charge in [0, 0.05) is 44.8 Å². The molecule has 0 spiro atoms. The Hall–Kier alpha value is -2.84. The number of nitrogens with one attached hydrogen (secondary N) is 1. The molecule has 1 aliphatic heterocycles. The number of anilines is 1. The van der Waals surface area contributed by atoms with E-state index in [0.29, 0.717) is 6.54 Å². The smallest absolute Gasteiger partial charge is 0.251 e. The first-order valence-corrected chi connectivity index (χ1v) is 11.7. The molecular formula is C24H30N4O3S. The van der Waals surface area contributed by atoms with Crippen LogP contribution in [0.5, 0.6) is 11.5 Å². The van der Waals surface area contributed by atoms with Crippen LogP contribution >= 0.6 is 11.3 Å². The van der Waals surface area contributed by atoms with Gasteiger partial charge in [-0.25, -0.2) is 4.98 Å². The van der Waals surface area contributed by atoms with Crippen molar-refractivity contribution in [2.75, 3.05) is 58.4 Å². The van der Waals surface area contributed by atoms with Crippen LogP contribution < -0.4 is 19.7 Å². The zero-order valence-corrected chi connectivity index (χ0v) is 19.9. The van der Waals surface area contributed by atoms with E-state index >= 15 is 0 Å². The molecule has 170 valence electrons. The number of aryl methyl sites for hydroxylation is 2.